The number of nitrogens with one attached hydrogen (secondary N) is 1. The Hall–Kier alpha value is -3.30. The first-order valence-electron chi connectivity index (χ1n) is 14.7. The van der Waals surface area contributed by atoms with Crippen LogP contribution in [0.1, 0.15) is 62.8 Å². The normalized spacial score (nSPS) is 17.8. The number of ether oxygens (including phenoxy) is 3. The van der Waals surface area contributed by atoms with Crippen LogP contribution in [0.4, 0.5) is 0 Å². The van der Waals surface area contributed by atoms with Crippen LogP contribution in [0.25, 0.3) is 0 Å². The minimum Gasteiger partial charge on any atom is -0.494 e. The summed E-state index contributed by atoms with van der Waals surface area (Å²) in [5.41, 5.74) is -0.224. The van der Waals surface area contributed by atoms with Crippen LogP contribution in [0.2, 0.25) is 15.1 Å². The van der Waals surface area contributed by atoms with E-state index in [0.717, 1.165) is 5.56 Å². The van der Waals surface area contributed by atoms with Gasteiger partial charge in [0.15, 0.2) is 11.6 Å². The molecule has 3 aromatic rings. The highest BCUT2D eigenvalue weighted by Gasteiger charge is 2.54. The minimum absolute atomic E-state index is 0.0135. The van der Waals surface area contributed by atoms with Crippen LogP contribution in [-0.2, 0) is 25.5 Å². The van der Waals surface area contributed by atoms with Crippen molar-refractivity contribution in [2.24, 2.45) is 4.99 Å². The van der Waals surface area contributed by atoms with Gasteiger partial charge in [0.2, 0.25) is 5.90 Å². The van der Waals surface area contributed by atoms with Crippen LogP contribution in [0, 0.1) is 0 Å². The quantitative estimate of drug-likeness (QED) is 0.147. The van der Waals surface area contributed by atoms with Crippen LogP contribution in [0.5, 0.6) is 5.75 Å². The van der Waals surface area contributed by atoms with Crippen LogP contribution in [0.15, 0.2) is 71.7 Å². The number of halogens is 3. The number of esters is 1. The van der Waals surface area contributed by atoms with Gasteiger partial charge in [-0.1, -0.05) is 53.0 Å². The molecule has 0 unspecified atom stereocenters. The van der Waals surface area contributed by atoms with Crippen LogP contribution in [-0.4, -0.2) is 53.8 Å². The Kier molecular flexibility index (Phi) is 11.8. The molecule has 0 bridgehead atoms. The molecule has 240 valence electrons. The summed E-state index contributed by atoms with van der Waals surface area (Å²) < 4.78 is 17.7. The number of nitrogens with zero attached hydrogens (tertiary/aromatic N) is 1. The second-order valence-corrected chi connectivity index (χ2v) is 13.0. The summed E-state index contributed by atoms with van der Waals surface area (Å²) in [4.78, 5) is 32.1. The number of aliphatic hydroxyl groups is 1. The number of hydrogen-bond donors (Lipinski definition) is 2. The summed E-state index contributed by atoms with van der Waals surface area (Å²) in [5, 5.41) is 13.4. The van der Waals surface area contributed by atoms with Gasteiger partial charge in [0, 0.05) is 52.2 Å². The molecule has 4 rings (SSSR count). The van der Waals surface area contributed by atoms with E-state index in [1.54, 1.807) is 69.3 Å². The van der Waals surface area contributed by atoms with Gasteiger partial charge in [-0.3, -0.25) is 9.59 Å². The number of aliphatic hydroxyl groups excluding tert-OH is 1. The van der Waals surface area contributed by atoms with Crippen molar-refractivity contribution in [1.29, 1.82) is 0 Å². The molecule has 1 amide bonds. The second kappa shape index (κ2) is 15.3. The average Bonchev–Trinajstić information content (AvgIpc) is 3.36. The summed E-state index contributed by atoms with van der Waals surface area (Å²) in [6.45, 7) is 6.04. The first-order chi connectivity index (χ1) is 21.4. The lowest BCUT2D eigenvalue weighted by molar-refractivity contribution is -0.155. The van der Waals surface area contributed by atoms with E-state index in [1.807, 2.05) is 18.2 Å². The zero-order valence-electron chi connectivity index (χ0n) is 25.4. The van der Waals surface area contributed by atoms with E-state index in [2.05, 4.69) is 5.32 Å². The van der Waals surface area contributed by atoms with E-state index >= 15 is 0 Å². The third kappa shape index (κ3) is 9.36. The van der Waals surface area contributed by atoms with Crippen molar-refractivity contribution in [2.45, 2.75) is 63.7 Å². The SMILES string of the molecule is CC(C)(C)OC(=O)CC[C@@]1(C(=O)NCCc2cccc(Cl)c2)N=C(c2ccc(OCCCO)cc2)O[C@@H]1c1ccc(Cl)cc1Cl. The molecule has 2 N–H and O–H groups in total. The van der Waals surface area contributed by atoms with Gasteiger partial charge in [-0.2, -0.15) is 0 Å². The smallest absolute Gasteiger partial charge is 0.306 e. The summed E-state index contributed by atoms with van der Waals surface area (Å²) in [7, 11) is 0. The van der Waals surface area contributed by atoms with Gasteiger partial charge in [-0.25, -0.2) is 4.99 Å². The Balaban J connectivity index is 1.71. The van der Waals surface area contributed by atoms with Gasteiger partial charge in [0.05, 0.1) is 6.61 Å². The Morgan fingerprint density at radius 2 is 1.76 bits per heavy atom. The maximum atomic E-state index is 14.3. The molecule has 0 saturated carbocycles. The van der Waals surface area contributed by atoms with E-state index in [0.29, 0.717) is 57.9 Å². The van der Waals surface area contributed by atoms with Crippen molar-refractivity contribution in [1.82, 2.24) is 5.32 Å². The van der Waals surface area contributed by atoms with Gasteiger partial charge in [0.25, 0.3) is 5.91 Å². The molecule has 2 atom stereocenters. The van der Waals surface area contributed by atoms with Crippen molar-refractivity contribution in [3.05, 3.63) is 98.5 Å². The third-order valence-electron chi connectivity index (χ3n) is 6.99. The first kappa shape index (κ1) is 34.6. The van der Waals surface area contributed by atoms with Gasteiger partial charge in [0.1, 0.15) is 11.4 Å². The lowest BCUT2D eigenvalue weighted by Crippen LogP contribution is -2.49. The number of benzene rings is 3. The highest BCUT2D eigenvalue weighted by atomic mass is 35.5. The van der Waals surface area contributed by atoms with Gasteiger partial charge in [-0.15, -0.1) is 0 Å². The Bertz CT molecular complexity index is 1520. The van der Waals surface area contributed by atoms with Gasteiger partial charge < -0.3 is 24.6 Å². The van der Waals surface area contributed by atoms with E-state index in [4.69, 9.17) is 59.1 Å². The lowest BCUT2D eigenvalue weighted by atomic mass is 9.83. The summed E-state index contributed by atoms with van der Waals surface area (Å²) in [5.74, 6) is -0.0780. The van der Waals surface area contributed by atoms with Crippen LogP contribution >= 0.6 is 34.8 Å². The monoisotopic (exact) mass is 674 g/mol. The number of aliphatic imine (C=N–C) groups is 1. The molecular formula is C34H37Cl3N2O6. The molecule has 0 radical (unpaired) electrons. The van der Waals surface area contributed by atoms with E-state index in [9.17, 15) is 9.59 Å². The predicted molar refractivity (Wildman–Crippen MR) is 176 cm³/mol. The minimum atomic E-state index is -1.58. The molecule has 0 saturated heterocycles. The molecule has 1 heterocycles. The first-order valence-corrected chi connectivity index (χ1v) is 15.8. The number of carbonyl (C=O) groups is 2. The summed E-state index contributed by atoms with van der Waals surface area (Å²) in [6.07, 6.45) is -0.0610. The second-order valence-electron chi connectivity index (χ2n) is 11.7. The van der Waals surface area contributed by atoms with Crippen molar-refractivity contribution < 1.29 is 28.9 Å². The van der Waals surface area contributed by atoms with Crippen LogP contribution < -0.4 is 10.1 Å². The molecule has 0 spiro atoms. The Morgan fingerprint density at radius 1 is 1.02 bits per heavy atom. The van der Waals surface area contributed by atoms with Gasteiger partial charge >= 0.3 is 5.97 Å². The molecule has 45 heavy (non-hydrogen) atoms. The number of amides is 1. The fourth-order valence-electron chi connectivity index (χ4n) is 4.91. The molecule has 1 aliphatic rings. The number of carbonyl (C=O) groups excluding carboxylic acids is 2. The Labute approximate surface area is 278 Å². The predicted octanol–water partition coefficient (Wildman–Crippen LogP) is 7.15. The van der Waals surface area contributed by atoms with Crippen molar-refractivity contribution in [2.75, 3.05) is 19.8 Å². The number of hydrogen-bond acceptors (Lipinski definition) is 7. The van der Waals surface area contributed by atoms with Crippen LogP contribution in [0.3, 0.4) is 0 Å². The van der Waals surface area contributed by atoms with Gasteiger partial charge in [-0.05, 0) is 87.7 Å². The molecule has 0 aliphatic carbocycles. The topological polar surface area (TPSA) is 106 Å². The number of rotatable bonds is 13. The highest BCUT2D eigenvalue weighted by Crippen LogP contribution is 2.45. The van der Waals surface area contributed by atoms with Crippen molar-refractivity contribution in [3.63, 3.8) is 0 Å². The van der Waals surface area contributed by atoms with E-state index in [-0.39, 0.29) is 25.3 Å². The largest absolute Gasteiger partial charge is 0.494 e. The maximum absolute atomic E-state index is 14.3. The molecule has 8 nitrogen and oxygen atoms in total. The zero-order chi connectivity index (χ0) is 32.6. The highest BCUT2D eigenvalue weighted by molar-refractivity contribution is 6.35. The van der Waals surface area contributed by atoms with E-state index < -0.39 is 29.1 Å². The molecule has 11 heteroatoms. The molecule has 0 fully saturated rings. The average molecular weight is 676 g/mol. The summed E-state index contributed by atoms with van der Waals surface area (Å²) in [6, 6.07) is 19.4. The fourth-order valence-corrected chi connectivity index (χ4v) is 5.63. The molecule has 1 aliphatic heterocycles. The summed E-state index contributed by atoms with van der Waals surface area (Å²) >= 11 is 19.0. The third-order valence-corrected chi connectivity index (χ3v) is 7.79. The lowest BCUT2D eigenvalue weighted by Gasteiger charge is -2.31. The van der Waals surface area contributed by atoms with Crippen molar-refractivity contribution >= 4 is 52.6 Å². The molecule has 3 aromatic carbocycles. The molecular weight excluding hydrogens is 639 g/mol. The Morgan fingerprint density at radius 3 is 2.42 bits per heavy atom. The fraction of sp³-hybridized carbons (Fsp3) is 0.382. The standard InChI is InChI=1S/C34H37Cl3N2O6/c1-33(2,3)45-29(41)14-16-34(32(42)38-17-15-22-6-4-7-24(35)20-22)30(27-13-10-25(36)21-28(27)37)44-31(39-34)23-8-11-26(12-9-23)43-19-5-18-40/h4,6-13,20-21,30,40H,5,14-19H2,1-3H3,(H,38,42)/t30-,34-/m1/s1. The molecule has 0 aromatic heterocycles. The van der Waals surface area contributed by atoms with Crippen molar-refractivity contribution in [3.8, 4) is 5.75 Å². The van der Waals surface area contributed by atoms with E-state index in [1.165, 1.54) is 0 Å². The zero-order valence-corrected chi connectivity index (χ0v) is 27.7. The maximum Gasteiger partial charge on any atom is 0.306 e.